The molecule has 0 fully saturated rings. The van der Waals surface area contributed by atoms with Crippen LogP contribution in [0.25, 0.3) is 11.3 Å². The number of carbonyl (C=O) groups excluding carboxylic acids is 1. The van der Waals surface area contributed by atoms with Gasteiger partial charge in [-0.1, -0.05) is 42.0 Å². The fourth-order valence-electron chi connectivity index (χ4n) is 3.00. The predicted molar refractivity (Wildman–Crippen MR) is 115 cm³/mol. The van der Waals surface area contributed by atoms with Crippen molar-refractivity contribution in [2.75, 3.05) is 5.32 Å². The number of benzene rings is 2. The van der Waals surface area contributed by atoms with Crippen molar-refractivity contribution in [1.82, 2.24) is 4.98 Å². The quantitative estimate of drug-likeness (QED) is 0.571. The largest absolute Gasteiger partial charge is 0.302 e. The first kappa shape index (κ1) is 19.3. The van der Waals surface area contributed by atoms with Crippen molar-refractivity contribution in [2.45, 2.75) is 47.0 Å². The van der Waals surface area contributed by atoms with E-state index in [1.165, 1.54) is 33.6 Å². The van der Waals surface area contributed by atoms with Gasteiger partial charge in [0.2, 0.25) is 5.91 Å². The second-order valence-electron chi connectivity index (χ2n) is 7.11. The van der Waals surface area contributed by atoms with Crippen LogP contribution in [-0.2, 0) is 11.2 Å². The molecular weight excluding hydrogens is 352 g/mol. The molecule has 27 heavy (non-hydrogen) atoms. The highest BCUT2D eigenvalue weighted by Crippen LogP contribution is 2.31. The summed E-state index contributed by atoms with van der Waals surface area (Å²) in [5, 5.41) is 3.64. The molecule has 3 nitrogen and oxygen atoms in total. The maximum atomic E-state index is 12.3. The second kappa shape index (κ2) is 8.49. The third-order valence-electron chi connectivity index (χ3n) is 4.81. The Labute approximate surface area is 165 Å². The average Bonchev–Trinajstić information content (AvgIpc) is 2.99. The maximum Gasteiger partial charge on any atom is 0.226 e. The number of thiazole rings is 1. The van der Waals surface area contributed by atoms with Gasteiger partial charge in [0.05, 0.1) is 5.69 Å². The first-order valence-electron chi connectivity index (χ1n) is 9.33. The number of amides is 1. The Morgan fingerprint density at radius 1 is 1.00 bits per heavy atom. The lowest BCUT2D eigenvalue weighted by Gasteiger charge is -2.04. The number of aryl methyl sites for hydroxylation is 5. The zero-order chi connectivity index (χ0) is 19.4. The molecule has 0 saturated carbocycles. The number of hydrogen-bond donors (Lipinski definition) is 1. The van der Waals surface area contributed by atoms with Crippen LogP contribution in [0, 0.1) is 27.7 Å². The van der Waals surface area contributed by atoms with Gasteiger partial charge in [0.1, 0.15) is 0 Å². The normalized spacial score (nSPS) is 10.8. The molecule has 1 heterocycles. The number of nitrogens with one attached hydrogen (secondary N) is 1. The summed E-state index contributed by atoms with van der Waals surface area (Å²) >= 11 is 1.54. The molecule has 0 bridgehead atoms. The maximum absolute atomic E-state index is 12.3. The molecule has 0 aliphatic carbocycles. The zero-order valence-electron chi connectivity index (χ0n) is 16.4. The van der Waals surface area contributed by atoms with E-state index < -0.39 is 0 Å². The lowest BCUT2D eigenvalue weighted by atomic mass is 10.0. The minimum atomic E-state index is 0.0301. The number of aromatic nitrogens is 1. The third kappa shape index (κ3) is 5.04. The van der Waals surface area contributed by atoms with E-state index in [0.717, 1.165) is 29.0 Å². The Morgan fingerprint density at radius 2 is 1.74 bits per heavy atom. The summed E-state index contributed by atoms with van der Waals surface area (Å²) in [5.74, 6) is 0.0301. The molecule has 0 spiro atoms. The number of nitrogens with zero attached hydrogens (tertiary/aromatic N) is 1. The SMILES string of the molecule is Cc1ccc(CCCC(=O)Nc2nc(-c3ccc(C)c(C)c3)c(C)s2)cc1. The summed E-state index contributed by atoms with van der Waals surface area (Å²) in [7, 11) is 0. The highest BCUT2D eigenvalue weighted by molar-refractivity contribution is 7.16. The van der Waals surface area contributed by atoms with Gasteiger partial charge >= 0.3 is 0 Å². The molecule has 1 amide bonds. The lowest BCUT2D eigenvalue weighted by molar-refractivity contribution is -0.116. The molecule has 2 aromatic carbocycles. The molecule has 0 saturated heterocycles. The van der Waals surface area contributed by atoms with Gasteiger partial charge in [-0.15, -0.1) is 11.3 Å². The Hall–Kier alpha value is -2.46. The van der Waals surface area contributed by atoms with Crippen LogP contribution in [0.4, 0.5) is 5.13 Å². The molecule has 0 atom stereocenters. The van der Waals surface area contributed by atoms with Crippen LogP contribution in [0.5, 0.6) is 0 Å². The first-order chi connectivity index (χ1) is 12.9. The summed E-state index contributed by atoms with van der Waals surface area (Å²) in [5.41, 5.74) is 7.12. The zero-order valence-corrected chi connectivity index (χ0v) is 17.2. The molecule has 0 radical (unpaired) electrons. The molecule has 0 unspecified atom stereocenters. The predicted octanol–water partition coefficient (Wildman–Crippen LogP) is 6.01. The average molecular weight is 379 g/mol. The van der Waals surface area contributed by atoms with Gasteiger partial charge in [0.25, 0.3) is 0 Å². The van der Waals surface area contributed by atoms with Gasteiger partial charge < -0.3 is 5.32 Å². The van der Waals surface area contributed by atoms with Crippen molar-refractivity contribution in [3.8, 4) is 11.3 Å². The first-order valence-corrected chi connectivity index (χ1v) is 10.1. The van der Waals surface area contributed by atoms with Crippen LogP contribution in [0.15, 0.2) is 42.5 Å². The number of rotatable bonds is 6. The molecule has 3 rings (SSSR count). The Bertz CT molecular complexity index is 942. The number of hydrogen-bond acceptors (Lipinski definition) is 3. The molecule has 1 aromatic heterocycles. The van der Waals surface area contributed by atoms with Crippen molar-refractivity contribution in [2.24, 2.45) is 0 Å². The number of anilines is 1. The minimum Gasteiger partial charge on any atom is -0.302 e. The van der Waals surface area contributed by atoms with E-state index in [-0.39, 0.29) is 5.91 Å². The van der Waals surface area contributed by atoms with E-state index in [1.54, 1.807) is 0 Å². The lowest BCUT2D eigenvalue weighted by Crippen LogP contribution is -2.11. The topological polar surface area (TPSA) is 42.0 Å². The molecular formula is C23H26N2OS. The second-order valence-corrected chi connectivity index (χ2v) is 8.31. The molecule has 1 N–H and O–H groups in total. The van der Waals surface area contributed by atoms with E-state index in [0.29, 0.717) is 11.6 Å². The smallest absolute Gasteiger partial charge is 0.226 e. The highest BCUT2D eigenvalue weighted by atomic mass is 32.1. The van der Waals surface area contributed by atoms with Crippen molar-refractivity contribution in [3.05, 3.63) is 69.6 Å². The molecule has 0 aliphatic rings. The molecule has 4 heteroatoms. The van der Waals surface area contributed by atoms with Gasteiger partial charge in [-0.2, -0.15) is 0 Å². The van der Waals surface area contributed by atoms with Crippen molar-refractivity contribution >= 4 is 22.4 Å². The fraction of sp³-hybridized carbons (Fsp3) is 0.304. The fourth-order valence-corrected chi connectivity index (χ4v) is 3.85. The van der Waals surface area contributed by atoms with Crippen LogP contribution >= 0.6 is 11.3 Å². The Morgan fingerprint density at radius 3 is 2.44 bits per heavy atom. The Balaban J connectivity index is 1.58. The van der Waals surface area contributed by atoms with Gasteiger partial charge in [0, 0.05) is 16.9 Å². The van der Waals surface area contributed by atoms with Gasteiger partial charge in [-0.05, 0) is 63.3 Å². The van der Waals surface area contributed by atoms with Gasteiger partial charge in [0.15, 0.2) is 5.13 Å². The van der Waals surface area contributed by atoms with Gasteiger partial charge in [-0.3, -0.25) is 4.79 Å². The minimum absolute atomic E-state index is 0.0301. The summed E-state index contributed by atoms with van der Waals surface area (Å²) in [6.45, 7) is 8.35. The summed E-state index contributed by atoms with van der Waals surface area (Å²) in [4.78, 5) is 18.0. The molecule has 3 aromatic rings. The van der Waals surface area contributed by atoms with E-state index in [1.807, 2.05) is 0 Å². The molecule has 140 valence electrons. The number of carbonyl (C=O) groups is 1. The van der Waals surface area contributed by atoms with E-state index >= 15 is 0 Å². The molecule has 0 aliphatic heterocycles. The summed E-state index contributed by atoms with van der Waals surface area (Å²) < 4.78 is 0. The third-order valence-corrected chi connectivity index (χ3v) is 5.70. The monoisotopic (exact) mass is 378 g/mol. The van der Waals surface area contributed by atoms with E-state index in [4.69, 9.17) is 0 Å². The van der Waals surface area contributed by atoms with E-state index in [2.05, 4.69) is 80.5 Å². The van der Waals surface area contributed by atoms with Crippen molar-refractivity contribution < 1.29 is 4.79 Å². The van der Waals surface area contributed by atoms with Crippen molar-refractivity contribution in [1.29, 1.82) is 0 Å². The summed E-state index contributed by atoms with van der Waals surface area (Å²) in [6.07, 6.45) is 2.26. The Kier molecular flexibility index (Phi) is 6.07. The van der Waals surface area contributed by atoms with Crippen LogP contribution in [-0.4, -0.2) is 10.9 Å². The van der Waals surface area contributed by atoms with Crippen molar-refractivity contribution in [3.63, 3.8) is 0 Å². The summed E-state index contributed by atoms with van der Waals surface area (Å²) in [6, 6.07) is 14.9. The van der Waals surface area contributed by atoms with Crippen LogP contribution in [0.3, 0.4) is 0 Å². The van der Waals surface area contributed by atoms with E-state index in [9.17, 15) is 4.79 Å². The van der Waals surface area contributed by atoms with Gasteiger partial charge in [-0.25, -0.2) is 4.98 Å². The van der Waals surface area contributed by atoms with Crippen LogP contribution in [0.1, 0.15) is 40.0 Å². The van der Waals surface area contributed by atoms with Crippen LogP contribution in [0.2, 0.25) is 0 Å². The van der Waals surface area contributed by atoms with Crippen LogP contribution < -0.4 is 5.32 Å². The standard InChI is InChI=1S/C23H26N2OS/c1-15-8-11-19(12-9-15)6-5-7-21(26)24-23-25-22(18(4)27-23)20-13-10-16(2)17(3)14-20/h8-14H,5-7H2,1-4H3,(H,24,25,26). The highest BCUT2D eigenvalue weighted by Gasteiger charge is 2.12.